The molecule has 17 heavy (non-hydrogen) atoms. The molecule has 94 valence electrons. The van der Waals surface area contributed by atoms with Gasteiger partial charge in [0.2, 0.25) is 0 Å². The summed E-state index contributed by atoms with van der Waals surface area (Å²) in [6.45, 7) is 0.678. The van der Waals surface area contributed by atoms with Crippen LogP contribution in [-0.4, -0.2) is 37.0 Å². The largest absolute Gasteiger partial charge is 0.444 e. The summed E-state index contributed by atoms with van der Waals surface area (Å²) in [6.07, 6.45) is 3.52. The van der Waals surface area contributed by atoms with Crippen LogP contribution in [0.25, 0.3) is 0 Å². The third-order valence-electron chi connectivity index (χ3n) is 3.61. The van der Waals surface area contributed by atoms with Gasteiger partial charge in [-0.2, -0.15) is 0 Å². The standard InChI is InChI=1S/C12H17BrN2O2/c1-15(2)12(6-3-7-12)8-14-11(16)9-4-5-10(13)17-9/h4-5H,3,6-8H2,1-2H3,(H,14,16). The first-order valence-corrected chi connectivity index (χ1v) is 6.54. The van der Waals surface area contributed by atoms with Gasteiger partial charge in [-0.15, -0.1) is 0 Å². The average molecular weight is 301 g/mol. The Balaban J connectivity index is 1.92. The maximum Gasteiger partial charge on any atom is 0.287 e. The Bertz CT molecular complexity index is 410. The zero-order valence-corrected chi connectivity index (χ0v) is 11.7. The van der Waals surface area contributed by atoms with Crippen molar-refractivity contribution in [2.24, 2.45) is 0 Å². The summed E-state index contributed by atoms with van der Waals surface area (Å²) in [5.41, 5.74) is 0.138. The number of hydrogen-bond donors (Lipinski definition) is 1. The fourth-order valence-electron chi connectivity index (χ4n) is 2.14. The summed E-state index contributed by atoms with van der Waals surface area (Å²) in [5, 5.41) is 2.94. The van der Waals surface area contributed by atoms with Crippen LogP contribution in [0.4, 0.5) is 0 Å². The molecule has 1 aromatic heterocycles. The monoisotopic (exact) mass is 300 g/mol. The van der Waals surface area contributed by atoms with Gasteiger partial charge >= 0.3 is 0 Å². The second-order valence-electron chi connectivity index (χ2n) is 4.76. The Morgan fingerprint density at radius 3 is 2.65 bits per heavy atom. The first-order chi connectivity index (χ1) is 8.03. The van der Waals surface area contributed by atoms with Gasteiger partial charge in [-0.3, -0.25) is 4.79 Å². The van der Waals surface area contributed by atoms with Crippen LogP contribution >= 0.6 is 15.9 Å². The zero-order chi connectivity index (χ0) is 12.5. The number of amides is 1. The summed E-state index contributed by atoms with van der Waals surface area (Å²) in [6, 6.07) is 3.39. The topological polar surface area (TPSA) is 45.5 Å². The first-order valence-electron chi connectivity index (χ1n) is 5.74. The van der Waals surface area contributed by atoms with Gasteiger partial charge in [0, 0.05) is 12.1 Å². The minimum atomic E-state index is -0.149. The molecule has 0 spiro atoms. The van der Waals surface area contributed by atoms with E-state index in [2.05, 4.69) is 40.2 Å². The lowest BCUT2D eigenvalue weighted by molar-refractivity contribution is 0.0549. The third kappa shape index (κ3) is 2.55. The lowest BCUT2D eigenvalue weighted by Crippen LogP contribution is -2.57. The van der Waals surface area contributed by atoms with E-state index in [0.29, 0.717) is 17.0 Å². The number of rotatable bonds is 4. The van der Waals surface area contributed by atoms with Crippen LogP contribution in [0.5, 0.6) is 0 Å². The Kier molecular flexibility index (Phi) is 3.58. The molecule has 1 aliphatic carbocycles. The molecule has 0 aliphatic heterocycles. The van der Waals surface area contributed by atoms with Crippen molar-refractivity contribution in [3.63, 3.8) is 0 Å². The van der Waals surface area contributed by atoms with Gasteiger partial charge in [0.15, 0.2) is 10.4 Å². The Morgan fingerprint density at radius 1 is 1.53 bits per heavy atom. The minimum Gasteiger partial charge on any atom is -0.444 e. The molecule has 1 amide bonds. The molecule has 2 rings (SSSR count). The molecule has 0 atom stereocenters. The molecule has 0 unspecified atom stereocenters. The number of carbonyl (C=O) groups is 1. The Labute approximate surface area is 109 Å². The highest BCUT2D eigenvalue weighted by molar-refractivity contribution is 9.10. The molecule has 5 heteroatoms. The fourth-order valence-corrected chi connectivity index (χ4v) is 2.44. The normalized spacial score (nSPS) is 17.9. The van der Waals surface area contributed by atoms with Crippen LogP contribution in [0.1, 0.15) is 29.8 Å². The van der Waals surface area contributed by atoms with Crippen LogP contribution in [0.2, 0.25) is 0 Å². The van der Waals surface area contributed by atoms with E-state index in [-0.39, 0.29) is 11.4 Å². The first kappa shape index (κ1) is 12.6. The maximum absolute atomic E-state index is 11.8. The van der Waals surface area contributed by atoms with Crippen LogP contribution in [0.15, 0.2) is 21.2 Å². The molecule has 1 saturated carbocycles. The van der Waals surface area contributed by atoms with E-state index in [9.17, 15) is 4.79 Å². The molecule has 0 saturated heterocycles. The van der Waals surface area contributed by atoms with E-state index in [1.54, 1.807) is 12.1 Å². The van der Waals surface area contributed by atoms with Crippen molar-refractivity contribution in [3.05, 3.63) is 22.6 Å². The predicted molar refractivity (Wildman–Crippen MR) is 69.0 cm³/mol. The van der Waals surface area contributed by atoms with Crippen LogP contribution in [-0.2, 0) is 0 Å². The number of furan rings is 1. The van der Waals surface area contributed by atoms with Crippen molar-refractivity contribution in [1.82, 2.24) is 10.2 Å². The molecular formula is C12H17BrN2O2. The van der Waals surface area contributed by atoms with Gasteiger partial charge in [0.25, 0.3) is 5.91 Å². The van der Waals surface area contributed by atoms with E-state index < -0.39 is 0 Å². The number of nitrogens with one attached hydrogen (secondary N) is 1. The quantitative estimate of drug-likeness (QED) is 0.928. The van der Waals surface area contributed by atoms with E-state index >= 15 is 0 Å². The van der Waals surface area contributed by atoms with E-state index in [1.807, 2.05) is 0 Å². The van der Waals surface area contributed by atoms with Crippen LogP contribution in [0.3, 0.4) is 0 Å². The zero-order valence-electron chi connectivity index (χ0n) is 10.1. The summed E-state index contributed by atoms with van der Waals surface area (Å²) in [5.74, 6) is 0.203. The molecular weight excluding hydrogens is 284 g/mol. The highest BCUT2D eigenvalue weighted by atomic mass is 79.9. The van der Waals surface area contributed by atoms with Crippen molar-refractivity contribution in [1.29, 1.82) is 0 Å². The molecule has 1 aliphatic rings. The molecule has 0 aromatic carbocycles. The van der Waals surface area contributed by atoms with Crippen LogP contribution in [0, 0.1) is 0 Å². The fraction of sp³-hybridized carbons (Fsp3) is 0.583. The van der Waals surface area contributed by atoms with Gasteiger partial charge in [0.1, 0.15) is 0 Å². The number of halogens is 1. The lowest BCUT2D eigenvalue weighted by Gasteiger charge is -2.47. The smallest absolute Gasteiger partial charge is 0.287 e. The van der Waals surface area contributed by atoms with Crippen molar-refractivity contribution in [3.8, 4) is 0 Å². The van der Waals surface area contributed by atoms with E-state index in [1.165, 1.54) is 6.42 Å². The minimum absolute atomic E-state index is 0.138. The highest BCUT2D eigenvalue weighted by Crippen LogP contribution is 2.35. The van der Waals surface area contributed by atoms with Gasteiger partial charge in [-0.25, -0.2) is 0 Å². The number of nitrogens with zero attached hydrogens (tertiary/aromatic N) is 1. The Hall–Kier alpha value is -0.810. The van der Waals surface area contributed by atoms with Gasteiger partial charge < -0.3 is 14.6 Å². The van der Waals surface area contributed by atoms with Gasteiger partial charge in [0.05, 0.1) is 0 Å². The molecule has 1 N–H and O–H groups in total. The summed E-state index contributed by atoms with van der Waals surface area (Å²) in [7, 11) is 4.13. The third-order valence-corrected chi connectivity index (χ3v) is 4.03. The number of carbonyl (C=O) groups excluding carboxylic acids is 1. The molecule has 1 aromatic rings. The summed E-state index contributed by atoms with van der Waals surface area (Å²) < 4.78 is 5.79. The Morgan fingerprint density at radius 2 is 2.24 bits per heavy atom. The average Bonchev–Trinajstić information content (AvgIpc) is 2.62. The molecule has 4 nitrogen and oxygen atoms in total. The number of likely N-dealkylation sites (N-methyl/N-ethyl adjacent to an activating group) is 1. The molecule has 0 radical (unpaired) electrons. The molecule has 0 bridgehead atoms. The highest BCUT2D eigenvalue weighted by Gasteiger charge is 2.39. The van der Waals surface area contributed by atoms with E-state index in [0.717, 1.165) is 12.8 Å². The van der Waals surface area contributed by atoms with Crippen molar-refractivity contribution < 1.29 is 9.21 Å². The predicted octanol–water partition coefficient (Wildman–Crippen LogP) is 2.26. The summed E-state index contributed by atoms with van der Waals surface area (Å²) >= 11 is 3.18. The van der Waals surface area contributed by atoms with Crippen LogP contribution < -0.4 is 5.32 Å². The van der Waals surface area contributed by atoms with Crippen molar-refractivity contribution in [2.45, 2.75) is 24.8 Å². The SMILES string of the molecule is CN(C)C1(CNC(=O)c2ccc(Br)o2)CCC1. The van der Waals surface area contributed by atoms with Gasteiger partial charge in [-0.1, -0.05) is 0 Å². The second-order valence-corrected chi connectivity index (χ2v) is 5.54. The maximum atomic E-state index is 11.8. The van der Waals surface area contributed by atoms with Gasteiger partial charge in [-0.05, 0) is 61.4 Å². The molecule has 1 fully saturated rings. The molecule has 1 heterocycles. The van der Waals surface area contributed by atoms with Crippen molar-refractivity contribution in [2.75, 3.05) is 20.6 Å². The van der Waals surface area contributed by atoms with E-state index in [4.69, 9.17) is 4.42 Å². The van der Waals surface area contributed by atoms with Crippen molar-refractivity contribution >= 4 is 21.8 Å². The lowest BCUT2D eigenvalue weighted by atomic mass is 9.75. The summed E-state index contributed by atoms with van der Waals surface area (Å²) in [4.78, 5) is 14.0. The second kappa shape index (κ2) is 4.82. The number of hydrogen-bond acceptors (Lipinski definition) is 3.